The van der Waals surface area contributed by atoms with Crippen LogP contribution in [0.15, 0.2) is 42.5 Å². The van der Waals surface area contributed by atoms with Gasteiger partial charge in [-0.25, -0.2) is 13.6 Å². The molecule has 116 valence electrons. The minimum Gasteiger partial charge on any atom is -0.386 e. The maximum absolute atomic E-state index is 13.6. The predicted molar refractivity (Wildman–Crippen MR) is 79.8 cm³/mol. The third-order valence-corrected chi connectivity index (χ3v) is 3.21. The van der Waals surface area contributed by atoms with Crippen LogP contribution in [0.1, 0.15) is 11.7 Å². The third-order valence-electron chi connectivity index (χ3n) is 2.92. The number of aliphatic hydroxyl groups excluding tert-OH is 1. The van der Waals surface area contributed by atoms with Gasteiger partial charge in [0.2, 0.25) is 0 Å². The Morgan fingerprint density at radius 1 is 1.18 bits per heavy atom. The standard InChI is InChI=1S/C15H13ClF2N2O2/c16-10-5-3-7-12(14(10)18)20-15(22)19-8-13(21)9-4-1-2-6-11(9)17/h1-7,13,21H,8H2,(H2,19,20,22)/t13-/m1/s1. The van der Waals surface area contributed by atoms with Crippen LogP contribution in [0.3, 0.4) is 0 Å². The van der Waals surface area contributed by atoms with Crippen LogP contribution in [-0.2, 0) is 0 Å². The summed E-state index contributed by atoms with van der Waals surface area (Å²) in [5.74, 6) is -1.33. The average Bonchev–Trinajstić information content (AvgIpc) is 2.50. The van der Waals surface area contributed by atoms with E-state index in [1.54, 1.807) is 6.07 Å². The lowest BCUT2D eigenvalue weighted by atomic mass is 10.1. The minimum atomic E-state index is -1.21. The molecule has 7 heteroatoms. The molecule has 3 N–H and O–H groups in total. The highest BCUT2D eigenvalue weighted by atomic mass is 35.5. The topological polar surface area (TPSA) is 61.4 Å². The smallest absolute Gasteiger partial charge is 0.319 e. The SMILES string of the molecule is O=C(NC[C@@H](O)c1ccccc1F)Nc1cccc(Cl)c1F. The van der Waals surface area contributed by atoms with Gasteiger partial charge in [0, 0.05) is 12.1 Å². The van der Waals surface area contributed by atoms with E-state index in [1.165, 1.54) is 36.4 Å². The molecule has 1 atom stereocenters. The largest absolute Gasteiger partial charge is 0.386 e. The van der Waals surface area contributed by atoms with E-state index in [-0.39, 0.29) is 22.8 Å². The summed E-state index contributed by atoms with van der Waals surface area (Å²) in [4.78, 5) is 11.7. The monoisotopic (exact) mass is 326 g/mol. The first-order valence-corrected chi connectivity index (χ1v) is 6.78. The first kappa shape index (κ1) is 16.2. The van der Waals surface area contributed by atoms with Gasteiger partial charge in [0.1, 0.15) is 5.82 Å². The number of halogens is 3. The van der Waals surface area contributed by atoms with Crippen LogP contribution in [0, 0.1) is 11.6 Å². The highest BCUT2D eigenvalue weighted by Gasteiger charge is 2.14. The van der Waals surface area contributed by atoms with E-state index in [0.29, 0.717) is 0 Å². The van der Waals surface area contributed by atoms with Gasteiger partial charge < -0.3 is 15.7 Å². The summed E-state index contributed by atoms with van der Waals surface area (Å²) < 4.78 is 27.1. The second-order valence-corrected chi connectivity index (χ2v) is 4.88. The lowest BCUT2D eigenvalue weighted by molar-refractivity contribution is 0.170. The maximum atomic E-state index is 13.6. The number of carbonyl (C=O) groups excluding carboxylic acids is 1. The molecule has 0 unspecified atom stereocenters. The number of rotatable bonds is 4. The molecule has 22 heavy (non-hydrogen) atoms. The molecule has 2 rings (SSSR count). The first-order chi connectivity index (χ1) is 10.5. The molecule has 0 saturated carbocycles. The van der Waals surface area contributed by atoms with Crippen LogP contribution in [0.2, 0.25) is 5.02 Å². The van der Waals surface area contributed by atoms with Gasteiger partial charge >= 0.3 is 6.03 Å². The number of hydrogen-bond acceptors (Lipinski definition) is 2. The molecule has 0 aromatic heterocycles. The summed E-state index contributed by atoms with van der Waals surface area (Å²) in [5, 5.41) is 14.3. The van der Waals surface area contributed by atoms with Crippen LogP contribution in [0.5, 0.6) is 0 Å². The van der Waals surface area contributed by atoms with Crippen molar-refractivity contribution in [1.82, 2.24) is 5.32 Å². The van der Waals surface area contributed by atoms with Gasteiger partial charge in [0.25, 0.3) is 0 Å². The number of aliphatic hydroxyl groups is 1. The van der Waals surface area contributed by atoms with Crippen molar-refractivity contribution in [3.05, 3.63) is 64.7 Å². The van der Waals surface area contributed by atoms with E-state index in [9.17, 15) is 18.7 Å². The average molecular weight is 327 g/mol. The number of hydrogen-bond donors (Lipinski definition) is 3. The van der Waals surface area contributed by atoms with Crippen molar-refractivity contribution in [1.29, 1.82) is 0 Å². The van der Waals surface area contributed by atoms with Crippen molar-refractivity contribution in [2.45, 2.75) is 6.10 Å². The van der Waals surface area contributed by atoms with Gasteiger partial charge in [0.05, 0.1) is 16.8 Å². The van der Waals surface area contributed by atoms with Crippen molar-refractivity contribution >= 4 is 23.3 Å². The first-order valence-electron chi connectivity index (χ1n) is 6.40. The number of benzene rings is 2. The van der Waals surface area contributed by atoms with Crippen LogP contribution in [0.25, 0.3) is 0 Å². The molecule has 0 spiro atoms. The van der Waals surface area contributed by atoms with Crippen molar-refractivity contribution < 1.29 is 18.7 Å². The quantitative estimate of drug-likeness (QED) is 0.805. The molecule has 0 aliphatic carbocycles. The zero-order valence-electron chi connectivity index (χ0n) is 11.3. The number of carbonyl (C=O) groups is 1. The van der Waals surface area contributed by atoms with Crippen LogP contribution < -0.4 is 10.6 Å². The molecular weight excluding hydrogens is 314 g/mol. The van der Waals surface area contributed by atoms with E-state index < -0.39 is 23.8 Å². The fraction of sp³-hybridized carbons (Fsp3) is 0.133. The lowest BCUT2D eigenvalue weighted by Gasteiger charge is -2.14. The fourth-order valence-electron chi connectivity index (χ4n) is 1.81. The van der Waals surface area contributed by atoms with Gasteiger partial charge in [-0.15, -0.1) is 0 Å². The Morgan fingerprint density at radius 2 is 1.91 bits per heavy atom. The Balaban J connectivity index is 1.93. The van der Waals surface area contributed by atoms with Gasteiger partial charge in [-0.1, -0.05) is 35.9 Å². The summed E-state index contributed by atoms with van der Waals surface area (Å²) >= 11 is 5.59. The molecule has 0 aliphatic rings. The number of anilines is 1. The van der Waals surface area contributed by atoms with Gasteiger partial charge in [-0.05, 0) is 18.2 Å². The van der Waals surface area contributed by atoms with Crippen molar-refractivity contribution in [2.24, 2.45) is 0 Å². The Labute approximate surface area is 130 Å². The molecule has 0 radical (unpaired) electrons. The normalized spacial score (nSPS) is 11.8. The third kappa shape index (κ3) is 3.93. The Kier molecular flexibility index (Phi) is 5.30. The summed E-state index contributed by atoms with van der Waals surface area (Å²) in [5.41, 5.74) is -0.0258. The number of amides is 2. The van der Waals surface area contributed by atoms with Crippen molar-refractivity contribution in [3.8, 4) is 0 Å². The van der Waals surface area contributed by atoms with E-state index >= 15 is 0 Å². The van der Waals surface area contributed by atoms with Crippen LogP contribution in [0.4, 0.5) is 19.3 Å². The van der Waals surface area contributed by atoms with Crippen LogP contribution >= 0.6 is 11.6 Å². The van der Waals surface area contributed by atoms with Crippen molar-refractivity contribution in [2.75, 3.05) is 11.9 Å². The zero-order chi connectivity index (χ0) is 16.1. The lowest BCUT2D eigenvalue weighted by Crippen LogP contribution is -2.32. The number of urea groups is 1. The molecule has 0 bridgehead atoms. The van der Waals surface area contributed by atoms with Crippen molar-refractivity contribution in [3.63, 3.8) is 0 Å². The molecule has 0 aliphatic heterocycles. The molecule has 2 amide bonds. The van der Waals surface area contributed by atoms with Crippen LogP contribution in [-0.4, -0.2) is 17.7 Å². The van der Waals surface area contributed by atoms with Gasteiger partial charge in [-0.3, -0.25) is 0 Å². The molecule has 2 aromatic carbocycles. The summed E-state index contributed by atoms with van der Waals surface area (Å²) in [7, 11) is 0. The minimum absolute atomic E-state index is 0.0664. The maximum Gasteiger partial charge on any atom is 0.319 e. The molecule has 4 nitrogen and oxygen atoms in total. The molecular formula is C15H13ClF2N2O2. The highest BCUT2D eigenvalue weighted by molar-refractivity contribution is 6.31. The molecule has 2 aromatic rings. The second kappa shape index (κ2) is 7.20. The summed E-state index contributed by atoms with van der Waals surface area (Å²) in [6.07, 6.45) is -1.21. The summed E-state index contributed by atoms with van der Waals surface area (Å²) in [6.45, 7) is -0.227. The predicted octanol–water partition coefficient (Wildman–Crippen LogP) is 3.47. The molecule has 0 saturated heterocycles. The van der Waals surface area contributed by atoms with E-state index in [0.717, 1.165) is 0 Å². The second-order valence-electron chi connectivity index (χ2n) is 4.47. The van der Waals surface area contributed by atoms with Gasteiger partial charge in [0.15, 0.2) is 5.82 Å². The van der Waals surface area contributed by atoms with E-state index in [1.807, 2.05) is 0 Å². The molecule has 0 heterocycles. The Hall–Kier alpha value is -2.18. The number of nitrogens with one attached hydrogen (secondary N) is 2. The van der Waals surface area contributed by atoms with E-state index in [4.69, 9.17) is 11.6 Å². The Morgan fingerprint density at radius 3 is 2.64 bits per heavy atom. The fourth-order valence-corrected chi connectivity index (χ4v) is 1.99. The zero-order valence-corrected chi connectivity index (χ0v) is 12.1. The highest BCUT2D eigenvalue weighted by Crippen LogP contribution is 2.22. The molecule has 0 fully saturated rings. The van der Waals surface area contributed by atoms with E-state index in [2.05, 4.69) is 10.6 Å². The Bertz CT molecular complexity index is 682. The van der Waals surface area contributed by atoms with Gasteiger partial charge in [-0.2, -0.15) is 0 Å². The summed E-state index contributed by atoms with van der Waals surface area (Å²) in [6, 6.07) is 9.12.